The molecule has 1 unspecified atom stereocenters. The molecule has 0 saturated carbocycles. The second-order valence-corrected chi connectivity index (χ2v) is 5.27. The molecule has 0 aliphatic rings. The highest BCUT2D eigenvalue weighted by Crippen LogP contribution is 2.07. The highest BCUT2D eigenvalue weighted by molar-refractivity contribution is 9.10. The predicted octanol–water partition coefficient (Wildman–Crippen LogP) is 0.952. The molecule has 1 rings (SSSR count). The molecule has 0 aromatic carbocycles. The highest BCUT2D eigenvalue weighted by Gasteiger charge is 2.05. The molecule has 1 atom stereocenters. The lowest BCUT2D eigenvalue weighted by molar-refractivity contribution is 0.0956. The van der Waals surface area contributed by atoms with Crippen molar-refractivity contribution in [1.82, 2.24) is 10.3 Å². The second-order valence-electron chi connectivity index (χ2n) is 2.90. The highest BCUT2D eigenvalue weighted by atomic mass is 79.9. The van der Waals surface area contributed by atoms with Crippen molar-refractivity contribution in [3.63, 3.8) is 0 Å². The fourth-order valence-corrected chi connectivity index (χ4v) is 1.71. The van der Waals surface area contributed by atoms with Gasteiger partial charge in [-0.3, -0.25) is 9.00 Å². The second kappa shape index (κ2) is 5.97. The Labute approximate surface area is 99.1 Å². The molecule has 0 aliphatic heterocycles. The van der Waals surface area contributed by atoms with E-state index in [4.69, 9.17) is 0 Å². The first-order valence-electron chi connectivity index (χ1n) is 4.29. The third-order valence-corrected chi connectivity index (χ3v) is 2.88. The molecule has 0 fully saturated rings. The third-order valence-electron chi connectivity index (χ3n) is 1.66. The SMILES string of the molecule is CS(=O)CCNC(=O)c1ccnc(Br)c1. The minimum Gasteiger partial charge on any atom is -0.351 e. The summed E-state index contributed by atoms with van der Waals surface area (Å²) in [6.07, 6.45) is 3.16. The van der Waals surface area contributed by atoms with Gasteiger partial charge in [0.05, 0.1) is 0 Å². The predicted molar refractivity (Wildman–Crippen MR) is 63.2 cm³/mol. The molecule has 1 heterocycles. The summed E-state index contributed by atoms with van der Waals surface area (Å²) in [5.41, 5.74) is 0.541. The van der Waals surface area contributed by atoms with Crippen LogP contribution in [-0.2, 0) is 10.8 Å². The standard InChI is InChI=1S/C9H11BrN2O2S/c1-15(14)5-4-12-9(13)7-2-3-11-8(10)6-7/h2-3,6H,4-5H2,1H3,(H,12,13). The number of carbonyl (C=O) groups is 1. The van der Waals surface area contributed by atoms with Crippen molar-refractivity contribution in [2.24, 2.45) is 0 Å². The first-order valence-corrected chi connectivity index (χ1v) is 6.81. The van der Waals surface area contributed by atoms with Crippen LogP contribution in [0.3, 0.4) is 0 Å². The Bertz CT molecular complexity index is 384. The Morgan fingerprint density at radius 1 is 1.67 bits per heavy atom. The molecule has 0 bridgehead atoms. The number of hydrogen-bond acceptors (Lipinski definition) is 3. The molecule has 82 valence electrons. The maximum atomic E-state index is 11.5. The van der Waals surface area contributed by atoms with E-state index in [2.05, 4.69) is 26.2 Å². The fraction of sp³-hybridized carbons (Fsp3) is 0.333. The summed E-state index contributed by atoms with van der Waals surface area (Å²) < 4.78 is 11.4. The molecular formula is C9H11BrN2O2S. The van der Waals surface area contributed by atoms with Crippen LogP contribution in [0, 0.1) is 0 Å². The molecule has 0 radical (unpaired) electrons. The van der Waals surface area contributed by atoms with Crippen molar-refractivity contribution in [3.8, 4) is 0 Å². The number of nitrogens with one attached hydrogen (secondary N) is 1. The van der Waals surface area contributed by atoms with Crippen LogP contribution in [-0.4, -0.2) is 33.7 Å². The quantitative estimate of drug-likeness (QED) is 0.840. The molecular weight excluding hydrogens is 280 g/mol. The van der Waals surface area contributed by atoms with Gasteiger partial charge in [-0.05, 0) is 28.1 Å². The molecule has 0 saturated heterocycles. The van der Waals surface area contributed by atoms with Crippen LogP contribution in [0.4, 0.5) is 0 Å². The number of hydrogen-bond donors (Lipinski definition) is 1. The zero-order valence-corrected chi connectivity index (χ0v) is 10.6. The number of carbonyl (C=O) groups excluding carboxylic acids is 1. The average Bonchev–Trinajstić information content (AvgIpc) is 2.17. The lowest BCUT2D eigenvalue weighted by Gasteiger charge is -2.03. The average molecular weight is 291 g/mol. The molecule has 1 N–H and O–H groups in total. The van der Waals surface area contributed by atoms with Crippen LogP contribution in [0.5, 0.6) is 0 Å². The van der Waals surface area contributed by atoms with Gasteiger partial charge >= 0.3 is 0 Å². The largest absolute Gasteiger partial charge is 0.351 e. The number of rotatable bonds is 4. The lowest BCUT2D eigenvalue weighted by Crippen LogP contribution is -2.27. The molecule has 1 amide bonds. The zero-order chi connectivity index (χ0) is 11.3. The Hall–Kier alpha value is -0.750. The van der Waals surface area contributed by atoms with E-state index in [1.54, 1.807) is 24.6 Å². The molecule has 15 heavy (non-hydrogen) atoms. The van der Waals surface area contributed by atoms with Gasteiger partial charge in [-0.2, -0.15) is 0 Å². The molecule has 0 spiro atoms. The number of halogens is 1. The van der Waals surface area contributed by atoms with Gasteiger partial charge in [0.25, 0.3) is 5.91 Å². The van der Waals surface area contributed by atoms with Crippen molar-refractivity contribution in [2.75, 3.05) is 18.6 Å². The van der Waals surface area contributed by atoms with Crippen LogP contribution in [0.25, 0.3) is 0 Å². The van der Waals surface area contributed by atoms with E-state index in [1.807, 2.05) is 0 Å². The summed E-state index contributed by atoms with van der Waals surface area (Å²) in [4.78, 5) is 15.4. The van der Waals surface area contributed by atoms with Gasteiger partial charge in [0.15, 0.2) is 0 Å². The summed E-state index contributed by atoms with van der Waals surface area (Å²) in [6, 6.07) is 3.27. The van der Waals surface area contributed by atoms with Crippen LogP contribution < -0.4 is 5.32 Å². The Morgan fingerprint density at radius 3 is 3.00 bits per heavy atom. The summed E-state index contributed by atoms with van der Waals surface area (Å²) >= 11 is 3.18. The van der Waals surface area contributed by atoms with Crippen LogP contribution in [0.1, 0.15) is 10.4 Å². The van der Waals surface area contributed by atoms with Crippen molar-refractivity contribution in [3.05, 3.63) is 28.5 Å². The van der Waals surface area contributed by atoms with Crippen molar-refractivity contribution >= 4 is 32.6 Å². The van der Waals surface area contributed by atoms with Gasteiger partial charge in [-0.25, -0.2) is 4.98 Å². The maximum absolute atomic E-state index is 11.5. The normalized spacial score (nSPS) is 12.1. The summed E-state index contributed by atoms with van der Waals surface area (Å²) in [6.45, 7) is 0.419. The monoisotopic (exact) mass is 290 g/mol. The molecule has 1 aromatic rings. The number of aromatic nitrogens is 1. The smallest absolute Gasteiger partial charge is 0.251 e. The minimum atomic E-state index is -0.879. The first-order chi connectivity index (χ1) is 7.09. The van der Waals surface area contributed by atoms with Crippen molar-refractivity contribution < 1.29 is 9.00 Å². The van der Waals surface area contributed by atoms with Gasteiger partial charge < -0.3 is 5.32 Å². The zero-order valence-electron chi connectivity index (χ0n) is 8.20. The third kappa shape index (κ3) is 4.53. The van der Waals surface area contributed by atoms with Gasteiger partial charge in [0.1, 0.15) is 4.60 Å². The van der Waals surface area contributed by atoms with Crippen LogP contribution in [0.2, 0.25) is 0 Å². The van der Waals surface area contributed by atoms with Gasteiger partial charge in [-0.15, -0.1) is 0 Å². The van der Waals surface area contributed by atoms with Gasteiger partial charge in [-0.1, -0.05) is 0 Å². The van der Waals surface area contributed by atoms with E-state index in [1.165, 1.54) is 0 Å². The number of pyridine rings is 1. The molecule has 4 nitrogen and oxygen atoms in total. The number of nitrogens with zero attached hydrogens (tertiary/aromatic N) is 1. The molecule has 1 aromatic heterocycles. The van der Waals surface area contributed by atoms with E-state index in [0.717, 1.165) is 0 Å². The van der Waals surface area contributed by atoms with Crippen LogP contribution >= 0.6 is 15.9 Å². The summed E-state index contributed by atoms with van der Waals surface area (Å²) in [5, 5.41) is 2.68. The van der Waals surface area contributed by atoms with Gasteiger partial charge in [0.2, 0.25) is 0 Å². The summed E-state index contributed by atoms with van der Waals surface area (Å²) in [7, 11) is -0.879. The molecule has 6 heteroatoms. The Kier molecular flexibility index (Phi) is 4.90. The van der Waals surface area contributed by atoms with Crippen LogP contribution in [0.15, 0.2) is 22.9 Å². The minimum absolute atomic E-state index is 0.177. The maximum Gasteiger partial charge on any atom is 0.251 e. The molecule has 0 aliphatic carbocycles. The first kappa shape index (κ1) is 12.3. The van der Waals surface area contributed by atoms with Crippen molar-refractivity contribution in [1.29, 1.82) is 0 Å². The Balaban J connectivity index is 2.50. The van der Waals surface area contributed by atoms with E-state index in [0.29, 0.717) is 22.5 Å². The van der Waals surface area contributed by atoms with E-state index < -0.39 is 10.8 Å². The van der Waals surface area contributed by atoms with E-state index >= 15 is 0 Å². The summed E-state index contributed by atoms with van der Waals surface area (Å²) in [5.74, 6) is 0.293. The van der Waals surface area contributed by atoms with Crippen molar-refractivity contribution in [2.45, 2.75) is 0 Å². The fourth-order valence-electron chi connectivity index (χ4n) is 0.954. The van der Waals surface area contributed by atoms with E-state index in [9.17, 15) is 9.00 Å². The lowest BCUT2D eigenvalue weighted by atomic mass is 10.2. The van der Waals surface area contributed by atoms with E-state index in [-0.39, 0.29) is 5.91 Å². The number of amides is 1. The topological polar surface area (TPSA) is 59.1 Å². The Morgan fingerprint density at radius 2 is 2.40 bits per heavy atom. The van der Waals surface area contributed by atoms with Gasteiger partial charge in [0, 0.05) is 41.1 Å².